The molecule has 0 aliphatic heterocycles. The lowest BCUT2D eigenvalue weighted by Crippen LogP contribution is -2.28. The zero-order chi connectivity index (χ0) is 9.78. The Labute approximate surface area is 70.9 Å². The van der Waals surface area contributed by atoms with E-state index in [1.807, 2.05) is 0 Å². The molecule has 0 unspecified atom stereocenters. The van der Waals surface area contributed by atoms with Crippen molar-refractivity contribution < 1.29 is 14.5 Å². The second-order valence-corrected chi connectivity index (χ2v) is 3.18. The second-order valence-electron chi connectivity index (χ2n) is 3.18. The number of nitrogens with zero attached hydrogens (tertiary/aromatic N) is 1. The van der Waals surface area contributed by atoms with Crippen LogP contribution < -0.4 is 0 Å². The summed E-state index contributed by atoms with van der Waals surface area (Å²) in [6.07, 6.45) is 0.201. The topological polar surface area (TPSA) is 69.4 Å². The minimum absolute atomic E-state index is 0.201. The normalized spacial score (nSPS) is 10.9. The van der Waals surface area contributed by atoms with Gasteiger partial charge in [0, 0.05) is 11.3 Å². The van der Waals surface area contributed by atoms with E-state index in [2.05, 4.69) is 4.74 Å². The average molecular weight is 175 g/mol. The molecule has 5 nitrogen and oxygen atoms in total. The van der Waals surface area contributed by atoms with Crippen LogP contribution in [0.3, 0.4) is 0 Å². The highest BCUT2D eigenvalue weighted by Gasteiger charge is 2.30. The van der Waals surface area contributed by atoms with Gasteiger partial charge in [0.25, 0.3) is 0 Å². The third-order valence-corrected chi connectivity index (χ3v) is 1.66. The van der Waals surface area contributed by atoms with Gasteiger partial charge in [-0.15, -0.1) is 0 Å². The first-order valence-electron chi connectivity index (χ1n) is 3.60. The van der Waals surface area contributed by atoms with Crippen LogP contribution in [0.25, 0.3) is 0 Å². The molecule has 0 N–H and O–H groups in total. The first kappa shape index (κ1) is 10.9. The summed E-state index contributed by atoms with van der Waals surface area (Å²) in [5, 5.41) is 10.0. The Morgan fingerprint density at radius 1 is 1.58 bits per heavy atom. The number of hydrogen-bond acceptors (Lipinski definition) is 4. The molecule has 0 aromatic rings. The molecule has 0 aromatic carbocycles. The molecule has 0 aliphatic carbocycles. The summed E-state index contributed by atoms with van der Waals surface area (Å²) >= 11 is 0. The van der Waals surface area contributed by atoms with Crippen molar-refractivity contribution >= 4 is 5.97 Å². The molecule has 0 amide bonds. The Morgan fingerprint density at radius 3 is 2.42 bits per heavy atom. The van der Waals surface area contributed by atoms with Gasteiger partial charge >= 0.3 is 5.97 Å². The highest BCUT2D eigenvalue weighted by Crippen LogP contribution is 2.21. The predicted octanol–water partition coefficient (Wildman–Crippen LogP) is 0.852. The van der Waals surface area contributed by atoms with E-state index in [4.69, 9.17) is 0 Å². The molecular formula is C7H13NO4. The Hall–Kier alpha value is -1.13. The number of rotatable bonds is 4. The quantitative estimate of drug-likeness (QED) is 0.361. The first-order valence-corrected chi connectivity index (χ1v) is 3.60. The number of carbonyl (C=O) groups is 1. The zero-order valence-electron chi connectivity index (χ0n) is 7.49. The maximum absolute atomic E-state index is 11.0. The lowest BCUT2D eigenvalue weighted by Gasteiger charge is -2.18. The summed E-state index contributed by atoms with van der Waals surface area (Å²) in [7, 11) is 1.27. The highest BCUT2D eigenvalue weighted by molar-refractivity contribution is 5.75. The van der Waals surface area contributed by atoms with Gasteiger partial charge in [-0.1, -0.05) is 0 Å². The number of ether oxygens (including phenoxy) is 1. The zero-order valence-corrected chi connectivity index (χ0v) is 7.49. The van der Waals surface area contributed by atoms with Crippen molar-refractivity contribution in [2.75, 3.05) is 13.7 Å². The van der Waals surface area contributed by atoms with Gasteiger partial charge in [0.1, 0.15) is 0 Å². The van der Waals surface area contributed by atoms with Crippen LogP contribution in [0.1, 0.15) is 20.3 Å². The molecule has 0 atom stereocenters. The van der Waals surface area contributed by atoms with Crippen molar-refractivity contribution in [2.24, 2.45) is 5.41 Å². The van der Waals surface area contributed by atoms with Crippen LogP contribution in [0.5, 0.6) is 0 Å². The Balaban J connectivity index is 4.03. The SMILES string of the molecule is COC(=O)C(C)(C)CC[N+](=O)[O-]. The number of carbonyl (C=O) groups excluding carboxylic acids is 1. The van der Waals surface area contributed by atoms with Gasteiger partial charge in [0.05, 0.1) is 12.5 Å². The molecule has 0 saturated heterocycles. The first-order chi connectivity index (χ1) is 5.40. The minimum Gasteiger partial charge on any atom is -0.469 e. The predicted molar refractivity (Wildman–Crippen MR) is 42.3 cm³/mol. The molecule has 0 heterocycles. The fourth-order valence-electron chi connectivity index (χ4n) is 0.749. The maximum Gasteiger partial charge on any atom is 0.311 e. The van der Waals surface area contributed by atoms with Gasteiger partial charge in [-0.3, -0.25) is 14.9 Å². The number of hydrogen-bond donors (Lipinski definition) is 0. The minimum atomic E-state index is -0.762. The van der Waals surface area contributed by atoms with Crippen molar-refractivity contribution in [3.63, 3.8) is 0 Å². The van der Waals surface area contributed by atoms with Gasteiger partial charge in [-0.05, 0) is 13.8 Å². The van der Waals surface area contributed by atoms with Gasteiger partial charge in [-0.25, -0.2) is 0 Å². The van der Waals surface area contributed by atoms with Gasteiger partial charge < -0.3 is 4.74 Å². The number of esters is 1. The molecule has 12 heavy (non-hydrogen) atoms. The highest BCUT2D eigenvalue weighted by atomic mass is 16.6. The van der Waals surface area contributed by atoms with Crippen LogP contribution in [-0.4, -0.2) is 24.5 Å². The van der Waals surface area contributed by atoms with Crippen LogP contribution >= 0.6 is 0 Å². The Bertz CT molecular complexity index is 188. The molecule has 0 bridgehead atoms. The average Bonchev–Trinajstić information content (AvgIpc) is 1.99. The van der Waals surface area contributed by atoms with Crippen molar-refractivity contribution in [3.05, 3.63) is 10.1 Å². The van der Waals surface area contributed by atoms with Gasteiger partial charge in [0.15, 0.2) is 0 Å². The van der Waals surface area contributed by atoms with E-state index in [1.165, 1.54) is 7.11 Å². The molecular weight excluding hydrogens is 162 g/mol. The van der Waals surface area contributed by atoms with Crippen molar-refractivity contribution in [3.8, 4) is 0 Å². The summed E-state index contributed by atoms with van der Waals surface area (Å²) in [5.74, 6) is -0.413. The molecule has 0 spiro atoms. The molecule has 0 aromatic heterocycles. The Morgan fingerprint density at radius 2 is 2.08 bits per heavy atom. The van der Waals surface area contributed by atoms with E-state index in [-0.39, 0.29) is 13.0 Å². The summed E-state index contributed by atoms with van der Waals surface area (Å²) in [6.45, 7) is 3.05. The third kappa shape index (κ3) is 3.32. The van der Waals surface area contributed by atoms with Crippen LogP contribution in [0.15, 0.2) is 0 Å². The molecule has 0 fully saturated rings. The van der Waals surface area contributed by atoms with Crippen LogP contribution in [0.4, 0.5) is 0 Å². The van der Waals surface area contributed by atoms with Crippen LogP contribution in [0, 0.1) is 15.5 Å². The molecule has 5 heteroatoms. The van der Waals surface area contributed by atoms with Gasteiger partial charge in [-0.2, -0.15) is 0 Å². The molecule has 70 valence electrons. The maximum atomic E-state index is 11.0. The monoisotopic (exact) mass is 175 g/mol. The third-order valence-electron chi connectivity index (χ3n) is 1.66. The summed E-state index contributed by atoms with van der Waals surface area (Å²) in [4.78, 5) is 20.6. The van der Waals surface area contributed by atoms with Gasteiger partial charge in [0.2, 0.25) is 6.54 Å². The van der Waals surface area contributed by atoms with Crippen molar-refractivity contribution in [1.82, 2.24) is 0 Å². The van der Waals surface area contributed by atoms with Crippen LogP contribution in [0.2, 0.25) is 0 Å². The van der Waals surface area contributed by atoms with E-state index in [0.29, 0.717) is 0 Å². The molecule has 0 radical (unpaired) electrons. The summed E-state index contributed by atoms with van der Waals surface area (Å²) < 4.78 is 4.49. The largest absolute Gasteiger partial charge is 0.469 e. The number of methoxy groups -OCH3 is 1. The van der Waals surface area contributed by atoms with E-state index >= 15 is 0 Å². The van der Waals surface area contributed by atoms with Crippen LogP contribution in [-0.2, 0) is 9.53 Å². The Kier molecular flexibility index (Phi) is 3.66. The molecule has 0 saturated carbocycles. The summed E-state index contributed by atoms with van der Waals surface area (Å²) in [5.41, 5.74) is -0.762. The smallest absolute Gasteiger partial charge is 0.311 e. The van der Waals surface area contributed by atoms with E-state index < -0.39 is 16.3 Å². The lowest BCUT2D eigenvalue weighted by molar-refractivity contribution is -0.482. The lowest BCUT2D eigenvalue weighted by atomic mass is 9.90. The van der Waals surface area contributed by atoms with Crippen molar-refractivity contribution in [2.45, 2.75) is 20.3 Å². The van der Waals surface area contributed by atoms with E-state index in [9.17, 15) is 14.9 Å². The molecule has 0 aliphatic rings. The molecule has 0 rings (SSSR count). The fourth-order valence-corrected chi connectivity index (χ4v) is 0.749. The number of nitro groups is 1. The summed E-state index contributed by atoms with van der Waals surface area (Å²) in [6, 6.07) is 0. The van der Waals surface area contributed by atoms with E-state index in [0.717, 1.165) is 0 Å². The van der Waals surface area contributed by atoms with Crippen molar-refractivity contribution in [1.29, 1.82) is 0 Å². The fraction of sp³-hybridized carbons (Fsp3) is 0.857. The second kappa shape index (κ2) is 4.04. The van der Waals surface area contributed by atoms with E-state index in [1.54, 1.807) is 13.8 Å². The standard InChI is InChI=1S/C7H13NO4/c1-7(2,6(9)12-3)4-5-8(10)11/h4-5H2,1-3H3.